The van der Waals surface area contributed by atoms with Crippen molar-refractivity contribution in [1.29, 1.82) is 0 Å². The molecule has 1 heterocycles. The van der Waals surface area contributed by atoms with Gasteiger partial charge in [-0.05, 0) is 24.6 Å². The van der Waals surface area contributed by atoms with E-state index < -0.39 is 17.7 Å². The van der Waals surface area contributed by atoms with E-state index in [4.69, 9.17) is 4.42 Å². The van der Waals surface area contributed by atoms with Crippen LogP contribution in [-0.2, 0) is 9.59 Å². The number of aromatic hydroxyl groups is 1. The molecule has 0 aliphatic rings. The van der Waals surface area contributed by atoms with Crippen LogP contribution in [0.3, 0.4) is 0 Å². The summed E-state index contributed by atoms with van der Waals surface area (Å²) in [5.74, 6) is -1.87. The summed E-state index contributed by atoms with van der Waals surface area (Å²) in [6.07, 6.45) is 3.31. The van der Waals surface area contributed by atoms with Gasteiger partial charge in [-0.3, -0.25) is 30.4 Å². The molecule has 0 spiro atoms. The number of benzene rings is 1. The number of phenolic OH excluding ortho intramolecular Hbond substituents is 1. The van der Waals surface area contributed by atoms with Gasteiger partial charge in [-0.2, -0.15) is 0 Å². The van der Waals surface area contributed by atoms with Crippen molar-refractivity contribution in [2.45, 2.75) is 32.6 Å². The number of hydrogen-bond donors (Lipinski definition) is 4. The number of nitrogens with zero attached hydrogens (tertiary/aromatic N) is 1. The predicted octanol–water partition coefficient (Wildman–Crippen LogP) is 1.94. The highest BCUT2D eigenvalue weighted by atomic mass is 16.5. The number of carbonyl (C=O) groups is 3. The van der Waals surface area contributed by atoms with Crippen LogP contribution in [0, 0.1) is 5.92 Å². The van der Waals surface area contributed by atoms with Crippen LogP contribution in [0.25, 0.3) is 11.0 Å². The van der Waals surface area contributed by atoms with E-state index in [9.17, 15) is 24.7 Å². The van der Waals surface area contributed by atoms with Crippen molar-refractivity contribution in [1.82, 2.24) is 15.9 Å². The molecule has 1 atom stereocenters. The second-order valence-corrected chi connectivity index (χ2v) is 6.20. The molecule has 0 radical (unpaired) electrons. The van der Waals surface area contributed by atoms with Crippen LogP contribution in [0.15, 0.2) is 28.7 Å². The Bertz CT molecular complexity index is 803. The van der Waals surface area contributed by atoms with E-state index in [0.717, 1.165) is 19.3 Å². The molecule has 0 unspecified atom stereocenters. The van der Waals surface area contributed by atoms with Crippen LogP contribution in [-0.4, -0.2) is 40.1 Å². The fourth-order valence-electron chi connectivity index (χ4n) is 2.63. The fraction of sp³-hybridized carbons (Fsp3) is 0.389. The van der Waals surface area contributed by atoms with Crippen molar-refractivity contribution in [3.05, 3.63) is 30.0 Å². The Kier molecular flexibility index (Phi) is 7.18. The molecule has 2 aromatic rings. The SMILES string of the molecule is CCCCC[C@H](CN(O)C=O)C(=O)NNC(=O)c1cc2ccc(O)cc2o1. The monoisotopic (exact) mass is 377 g/mol. The number of hydrazine groups is 1. The van der Waals surface area contributed by atoms with Gasteiger partial charge in [0.15, 0.2) is 5.76 Å². The van der Waals surface area contributed by atoms with Crippen LogP contribution < -0.4 is 10.9 Å². The van der Waals surface area contributed by atoms with Crippen molar-refractivity contribution in [2.24, 2.45) is 5.92 Å². The lowest BCUT2D eigenvalue weighted by molar-refractivity contribution is -0.154. The number of hydrogen-bond acceptors (Lipinski definition) is 6. The molecule has 0 fully saturated rings. The molecule has 1 aromatic carbocycles. The highest BCUT2D eigenvalue weighted by Crippen LogP contribution is 2.23. The Hall–Kier alpha value is -3.07. The summed E-state index contributed by atoms with van der Waals surface area (Å²) in [6, 6.07) is 5.93. The number of phenols is 1. The van der Waals surface area contributed by atoms with E-state index in [1.54, 1.807) is 6.07 Å². The number of hydroxylamine groups is 2. The Labute approximate surface area is 155 Å². The Morgan fingerprint density at radius 1 is 1.26 bits per heavy atom. The van der Waals surface area contributed by atoms with Crippen molar-refractivity contribution in [3.8, 4) is 5.75 Å². The van der Waals surface area contributed by atoms with Crippen molar-refractivity contribution in [2.75, 3.05) is 6.54 Å². The summed E-state index contributed by atoms with van der Waals surface area (Å²) in [5, 5.41) is 19.8. The lowest BCUT2D eigenvalue weighted by Crippen LogP contribution is -2.46. The molecule has 0 aliphatic carbocycles. The van der Waals surface area contributed by atoms with Crippen molar-refractivity contribution < 1.29 is 29.1 Å². The summed E-state index contributed by atoms with van der Waals surface area (Å²) in [4.78, 5) is 35.1. The molecule has 9 nitrogen and oxygen atoms in total. The first-order chi connectivity index (χ1) is 12.9. The number of rotatable bonds is 9. The minimum atomic E-state index is -0.667. The van der Waals surface area contributed by atoms with Gasteiger partial charge in [0.05, 0.1) is 12.5 Å². The third-order valence-corrected chi connectivity index (χ3v) is 4.08. The van der Waals surface area contributed by atoms with Crippen LogP contribution >= 0.6 is 0 Å². The summed E-state index contributed by atoms with van der Waals surface area (Å²) >= 11 is 0. The highest BCUT2D eigenvalue weighted by molar-refractivity contribution is 5.97. The van der Waals surface area contributed by atoms with Gasteiger partial charge >= 0.3 is 5.91 Å². The average molecular weight is 377 g/mol. The average Bonchev–Trinajstić information content (AvgIpc) is 3.08. The maximum Gasteiger partial charge on any atom is 0.305 e. The number of nitrogens with one attached hydrogen (secondary N) is 2. The third kappa shape index (κ3) is 5.71. The molecule has 0 aliphatic heterocycles. The van der Waals surface area contributed by atoms with Gasteiger partial charge in [-0.15, -0.1) is 0 Å². The maximum atomic E-state index is 12.3. The minimum Gasteiger partial charge on any atom is -0.508 e. The van der Waals surface area contributed by atoms with Crippen LogP contribution in [0.5, 0.6) is 5.75 Å². The zero-order chi connectivity index (χ0) is 19.8. The molecule has 4 N–H and O–H groups in total. The van der Waals surface area contributed by atoms with Crippen LogP contribution in [0.1, 0.15) is 43.2 Å². The Balaban J connectivity index is 1.96. The van der Waals surface area contributed by atoms with Crippen LogP contribution in [0.4, 0.5) is 0 Å². The Morgan fingerprint density at radius 3 is 2.74 bits per heavy atom. The van der Waals surface area contributed by atoms with Crippen molar-refractivity contribution >= 4 is 29.2 Å². The summed E-state index contributed by atoms with van der Waals surface area (Å²) in [7, 11) is 0. The number of unbranched alkanes of at least 4 members (excludes halogenated alkanes) is 2. The first kappa shape index (κ1) is 20.2. The van der Waals surface area contributed by atoms with E-state index in [1.807, 2.05) is 6.92 Å². The van der Waals surface area contributed by atoms with Gasteiger partial charge in [0.25, 0.3) is 0 Å². The van der Waals surface area contributed by atoms with E-state index in [0.29, 0.717) is 22.5 Å². The van der Waals surface area contributed by atoms with Gasteiger partial charge in [-0.25, -0.2) is 5.06 Å². The van der Waals surface area contributed by atoms with E-state index in [-0.39, 0.29) is 24.5 Å². The zero-order valence-electron chi connectivity index (χ0n) is 15.0. The smallest absolute Gasteiger partial charge is 0.305 e. The number of furan rings is 1. The van der Waals surface area contributed by atoms with Gasteiger partial charge < -0.3 is 9.52 Å². The molecule has 27 heavy (non-hydrogen) atoms. The summed E-state index contributed by atoms with van der Waals surface area (Å²) in [5.41, 5.74) is 4.88. The predicted molar refractivity (Wildman–Crippen MR) is 95.7 cm³/mol. The molecule has 0 bridgehead atoms. The molecule has 3 amide bonds. The highest BCUT2D eigenvalue weighted by Gasteiger charge is 2.22. The number of carbonyl (C=O) groups excluding carboxylic acids is 3. The van der Waals surface area contributed by atoms with Gasteiger partial charge in [0.2, 0.25) is 12.3 Å². The second-order valence-electron chi connectivity index (χ2n) is 6.20. The molecule has 146 valence electrons. The molecule has 2 rings (SSSR count). The lowest BCUT2D eigenvalue weighted by Gasteiger charge is -2.19. The van der Waals surface area contributed by atoms with E-state index in [1.165, 1.54) is 18.2 Å². The topological polar surface area (TPSA) is 132 Å². The maximum absolute atomic E-state index is 12.3. The van der Waals surface area contributed by atoms with Gasteiger partial charge in [0, 0.05) is 11.5 Å². The number of amides is 3. The molecular formula is C18H23N3O6. The molecule has 0 saturated heterocycles. The first-order valence-corrected chi connectivity index (χ1v) is 8.68. The third-order valence-electron chi connectivity index (χ3n) is 4.08. The van der Waals surface area contributed by atoms with Gasteiger partial charge in [0.1, 0.15) is 11.3 Å². The lowest BCUT2D eigenvalue weighted by atomic mass is 10.0. The molecule has 0 saturated carbocycles. The standard InChI is InChI=1S/C18H23N3O6/c1-2-3-4-5-13(10-21(26)11-22)17(24)19-20-18(25)16-8-12-6-7-14(23)9-15(12)27-16/h6-9,11,13,23,26H,2-5,10H2,1H3,(H,19,24)(H,20,25)/t13-/m1/s1. The largest absolute Gasteiger partial charge is 0.508 e. The quantitative estimate of drug-likeness (QED) is 0.228. The van der Waals surface area contributed by atoms with Gasteiger partial charge in [-0.1, -0.05) is 26.2 Å². The Morgan fingerprint density at radius 2 is 2.04 bits per heavy atom. The number of fused-ring (bicyclic) bond motifs is 1. The molecule has 9 heteroatoms. The second kappa shape index (κ2) is 9.58. The first-order valence-electron chi connectivity index (χ1n) is 8.68. The fourth-order valence-corrected chi connectivity index (χ4v) is 2.63. The zero-order valence-corrected chi connectivity index (χ0v) is 15.0. The van der Waals surface area contributed by atoms with E-state index >= 15 is 0 Å². The van der Waals surface area contributed by atoms with E-state index in [2.05, 4.69) is 10.9 Å². The summed E-state index contributed by atoms with van der Waals surface area (Å²) < 4.78 is 5.35. The molecular weight excluding hydrogens is 354 g/mol. The minimum absolute atomic E-state index is 0.00997. The van der Waals surface area contributed by atoms with Crippen molar-refractivity contribution in [3.63, 3.8) is 0 Å². The van der Waals surface area contributed by atoms with Crippen LogP contribution in [0.2, 0.25) is 0 Å². The summed E-state index contributed by atoms with van der Waals surface area (Å²) in [6.45, 7) is 1.85. The molecule has 1 aromatic heterocycles. The normalized spacial score (nSPS) is 11.8.